The van der Waals surface area contributed by atoms with E-state index in [1.165, 1.54) is 25.7 Å². The highest BCUT2D eigenvalue weighted by atomic mass is 14.6. The molecule has 1 unspecified atom stereocenters. The van der Waals surface area contributed by atoms with Gasteiger partial charge in [0.2, 0.25) is 0 Å². The molecule has 0 saturated carbocycles. The highest BCUT2D eigenvalue weighted by molar-refractivity contribution is 4.90. The highest BCUT2D eigenvalue weighted by Crippen LogP contribution is 2.21. The summed E-state index contributed by atoms with van der Waals surface area (Å²) in [5, 5.41) is 0. The molecule has 0 fully saturated rings. The Labute approximate surface area is 63.3 Å². The van der Waals surface area contributed by atoms with Crippen molar-refractivity contribution in [3.8, 4) is 0 Å². The quantitative estimate of drug-likeness (QED) is 0.582. The monoisotopic (exact) mass is 139 g/mol. The van der Waals surface area contributed by atoms with E-state index < -0.39 is 0 Å². The van der Waals surface area contributed by atoms with E-state index in [0.29, 0.717) is 6.04 Å². The van der Waals surface area contributed by atoms with E-state index in [2.05, 4.69) is 19.1 Å². The van der Waals surface area contributed by atoms with Gasteiger partial charge in [-0.05, 0) is 38.5 Å². The van der Waals surface area contributed by atoms with E-state index in [9.17, 15) is 0 Å². The number of rotatable bonds is 2. The molecule has 0 spiro atoms. The lowest BCUT2D eigenvalue weighted by molar-refractivity contribution is 0.413. The summed E-state index contributed by atoms with van der Waals surface area (Å²) in [5.41, 5.74) is 5.70. The molecule has 1 aliphatic carbocycles. The lowest BCUT2D eigenvalue weighted by Crippen LogP contribution is -2.20. The van der Waals surface area contributed by atoms with Gasteiger partial charge in [0, 0.05) is 6.04 Å². The van der Waals surface area contributed by atoms with Crippen molar-refractivity contribution in [1.29, 1.82) is 0 Å². The molecule has 0 bridgehead atoms. The minimum absolute atomic E-state index is 0.386. The summed E-state index contributed by atoms with van der Waals surface area (Å²) in [6.07, 6.45) is 9.62. The smallest absolute Gasteiger partial charge is 0.00132 e. The first-order valence-corrected chi connectivity index (χ1v) is 4.19. The first-order valence-electron chi connectivity index (χ1n) is 4.19. The summed E-state index contributed by atoms with van der Waals surface area (Å²) < 4.78 is 0. The van der Waals surface area contributed by atoms with Crippen molar-refractivity contribution in [3.05, 3.63) is 12.2 Å². The van der Waals surface area contributed by atoms with E-state index in [0.717, 1.165) is 5.92 Å². The molecule has 2 N–H and O–H groups in total. The second-order valence-electron chi connectivity index (χ2n) is 3.36. The minimum atomic E-state index is 0.386. The van der Waals surface area contributed by atoms with Crippen LogP contribution in [0.2, 0.25) is 0 Å². The molecule has 0 aromatic rings. The largest absolute Gasteiger partial charge is 0.328 e. The molecule has 0 aromatic carbocycles. The van der Waals surface area contributed by atoms with E-state index in [4.69, 9.17) is 5.73 Å². The maximum atomic E-state index is 5.70. The molecule has 58 valence electrons. The van der Waals surface area contributed by atoms with Crippen LogP contribution in [0.4, 0.5) is 0 Å². The van der Waals surface area contributed by atoms with Gasteiger partial charge in [0.25, 0.3) is 0 Å². The number of allylic oxidation sites excluding steroid dienone is 2. The van der Waals surface area contributed by atoms with Crippen LogP contribution in [0.25, 0.3) is 0 Å². The first kappa shape index (κ1) is 7.80. The molecule has 0 radical (unpaired) electrons. The van der Waals surface area contributed by atoms with Crippen LogP contribution in [0, 0.1) is 5.92 Å². The summed E-state index contributed by atoms with van der Waals surface area (Å²) in [4.78, 5) is 0. The molecule has 2 atom stereocenters. The maximum Gasteiger partial charge on any atom is 0.00132 e. The molecule has 1 nitrogen and oxygen atoms in total. The molecular weight excluding hydrogens is 122 g/mol. The predicted octanol–water partition coefficient (Wildman–Crippen LogP) is 2.08. The second kappa shape index (κ2) is 3.77. The summed E-state index contributed by atoms with van der Waals surface area (Å²) in [6.45, 7) is 2.10. The number of nitrogens with two attached hydrogens (primary N) is 1. The predicted molar refractivity (Wildman–Crippen MR) is 44.7 cm³/mol. The summed E-state index contributed by atoms with van der Waals surface area (Å²) in [6, 6.07) is 0.386. The fourth-order valence-electron chi connectivity index (χ4n) is 1.60. The average Bonchev–Trinajstić information content (AvgIpc) is 1.88. The van der Waals surface area contributed by atoms with Gasteiger partial charge in [-0.3, -0.25) is 0 Å². The normalized spacial score (nSPS) is 28.4. The van der Waals surface area contributed by atoms with Gasteiger partial charge in [0.05, 0.1) is 0 Å². The lowest BCUT2D eigenvalue weighted by Gasteiger charge is -2.19. The van der Waals surface area contributed by atoms with Crippen LogP contribution < -0.4 is 5.73 Å². The van der Waals surface area contributed by atoms with E-state index in [-0.39, 0.29) is 0 Å². The Hall–Kier alpha value is -0.300. The van der Waals surface area contributed by atoms with Crippen molar-refractivity contribution >= 4 is 0 Å². The van der Waals surface area contributed by atoms with Crippen molar-refractivity contribution in [3.63, 3.8) is 0 Å². The lowest BCUT2D eigenvalue weighted by atomic mass is 9.89. The zero-order chi connectivity index (χ0) is 7.40. The number of hydrogen-bond acceptors (Lipinski definition) is 1. The van der Waals surface area contributed by atoms with Crippen LogP contribution in [-0.4, -0.2) is 6.04 Å². The van der Waals surface area contributed by atoms with Crippen LogP contribution in [-0.2, 0) is 0 Å². The first-order chi connectivity index (χ1) is 4.79. The van der Waals surface area contributed by atoms with E-state index in [1.807, 2.05) is 0 Å². The highest BCUT2D eigenvalue weighted by Gasteiger charge is 2.10. The van der Waals surface area contributed by atoms with Crippen LogP contribution in [0.5, 0.6) is 0 Å². The van der Waals surface area contributed by atoms with Crippen molar-refractivity contribution in [2.45, 2.75) is 38.6 Å². The SMILES string of the molecule is C[C@@H](N)CC1CC=CCC1. The van der Waals surface area contributed by atoms with Crippen LogP contribution >= 0.6 is 0 Å². The maximum absolute atomic E-state index is 5.70. The minimum Gasteiger partial charge on any atom is -0.328 e. The van der Waals surface area contributed by atoms with Crippen LogP contribution in [0.1, 0.15) is 32.6 Å². The molecule has 0 saturated heterocycles. The summed E-state index contributed by atoms with van der Waals surface area (Å²) >= 11 is 0. The van der Waals surface area contributed by atoms with E-state index >= 15 is 0 Å². The Morgan fingerprint density at radius 3 is 2.90 bits per heavy atom. The molecule has 0 aliphatic heterocycles. The number of hydrogen-bond donors (Lipinski definition) is 1. The fourth-order valence-corrected chi connectivity index (χ4v) is 1.60. The van der Waals surface area contributed by atoms with Gasteiger partial charge >= 0.3 is 0 Å². The van der Waals surface area contributed by atoms with Gasteiger partial charge in [-0.15, -0.1) is 0 Å². The molecule has 0 aromatic heterocycles. The van der Waals surface area contributed by atoms with Gasteiger partial charge < -0.3 is 5.73 Å². The Kier molecular flexibility index (Phi) is 2.94. The Morgan fingerprint density at radius 1 is 1.60 bits per heavy atom. The molecule has 1 heteroatoms. The van der Waals surface area contributed by atoms with Crippen molar-refractivity contribution in [1.82, 2.24) is 0 Å². The average molecular weight is 139 g/mol. The standard InChI is InChI=1S/C9H17N/c1-8(10)7-9-5-3-2-4-6-9/h2-3,8-9H,4-7,10H2,1H3/t8-,9?/m1/s1. The topological polar surface area (TPSA) is 26.0 Å². The Balaban J connectivity index is 2.22. The van der Waals surface area contributed by atoms with Crippen LogP contribution in [0.15, 0.2) is 12.2 Å². The Bertz CT molecular complexity index is 116. The third-order valence-corrected chi connectivity index (χ3v) is 2.08. The molecule has 0 heterocycles. The van der Waals surface area contributed by atoms with Gasteiger partial charge in [-0.2, -0.15) is 0 Å². The second-order valence-corrected chi connectivity index (χ2v) is 3.36. The summed E-state index contributed by atoms with van der Waals surface area (Å²) in [5.74, 6) is 0.866. The van der Waals surface area contributed by atoms with Crippen molar-refractivity contribution in [2.75, 3.05) is 0 Å². The van der Waals surface area contributed by atoms with Gasteiger partial charge in [-0.25, -0.2) is 0 Å². The van der Waals surface area contributed by atoms with Gasteiger partial charge in [0.15, 0.2) is 0 Å². The molecule has 1 rings (SSSR count). The van der Waals surface area contributed by atoms with Gasteiger partial charge in [-0.1, -0.05) is 12.2 Å². The van der Waals surface area contributed by atoms with Crippen molar-refractivity contribution < 1.29 is 0 Å². The van der Waals surface area contributed by atoms with E-state index in [1.54, 1.807) is 0 Å². The molecule has 0 amide bonds. The van der Waals surface area contributed by atoms with Crippen LogP contribution in [0.3, 0.4) is 0 Å². The zero-order valence-corrected chi connectivity index (χ0v) is 6.72. The zero-order valence-electron chi connectivity index (χ0n) is 6.72. The van der Waals surface area contributed by atoms with Crippen molar-refractivity contribution in [2.24, 2.45) is 11.7 Å². The third-order valence-electron chi connectivity index (χ3n) is 2.08. The Morgan fingerprint density at radius 2 is 2.40 bits per heavy atom. The third kappa shape index (κ3) is 2.53. The van der Waals surface area contributed by atoms with Gasteiger partial charge in [0.1, 0.15) is 0 Å². The molecule has 10 heavy (non-hydrogen) atoms. The molecular formula is C9H17N. The molecule has 1 aliphatic rings. The summed E-state index contributed by atoms with van der Waals surface area (Å²) in [7, 11) is 0. The fraction of sp³-hybridized carbons (Fsp3) is 0.778.